The highest BCUT2D eigenvalue weighted by Gasteiger charge is 2.39. The van der Waals surface area contributed by atoms with Gasteiger partial charge in [0, 0.05) is 17.5 Å². The van der Waals surface area contributed by atoms with Crippen molar-refractivity contribution in [3.8, 4) is 0 Å². The Morgan fingerprint density at radius 1 is 1.43 bits per heavy atom. The van der Waals surface area contributed by atoms with Gasteiger partial charge in [-0.3, -0.25) is 0 Å². The molecule has 2 fully saturated rings. The monoisotopic (exact) mass is 323 g/mol. The molecule has 3 rings (SSSR count). The zero-order chi connectivity index (χ0) is 14.8. The highest BCUT2D eigenvalue weighted by Crippen LogP contribution is 2.44. The number of fused-ring (bicyclic) bond motifs is 2. The molecule has 2 saturated carbocycles. The van der Waals surface area contributed by atoms with Gasteiger partial charge in [0.2, 0.25) is 0 Å². The first-order valence-electron chi connectivity index (χ1n) is 7.87. The second kappa shape index (κ2) is 6.63. The first-order valence-corrected chi connectivity index (χ1v) is 9.16. The third-order valence-electron chi connectivity index (χ3n) is 5.01. The Labute approximate surface area is 137 Å². The fraction of sp³-hybridized carbons (Fsp3) is 0.688. The Bertz CT molecular complexity index is 472. The van der Waals surface area contributed by atoms with Gasteiger partial charge >= 0.3 is 0 Å². The van der Waals surface area contributed by atoms with Crippen LogP contribution in [0, 0.1) is 11.8 Å². The summed E-state index contributed by atoms with van der Waals surface area (Å²) in [7, 11) is 4.25. The van der Waals surface area contributed by atoms with E-state index in [9.17, 15) is 0 Å². The Hall–Kier alpha value is -0.650. The average molecular weight is 324 g/mol. The second-order valence-corrected chi connectivity index (χ2v) is 8.02. The number of nitrogens with zero attached hydrogens (tertiary/aromatic N) is 1. The summed E-state index contributed by atoms with van der Waals surface area (Å²) < 4.78 is 0. The maximum Gasteiger partial charge on any atom is 0.166 e. The van der Waals surface area contributed by atoms with E-state index in [2.05, 4.69) is 47.1 Å². The van der Waals surface area contributed by atoms with Gasteiger partial charge in [-0.1, -0.05) is 12.5 Å². The topological polar surface area (TPSA) is 27.3 Å². The molecule has 0 saturated heterocycles. The molecule has 21 heavy (non-hydrogen) atoms. The van der Waals surface area contributed by atoms with Crippen molar-refractivity contribution in [1.29, 1.82) is 0 Å². The minimum absolute atomic E-state index is 0.379. The van der Waals surface area contributed by atoms with Crippen molar-refractivity contribution in [2.45, 2.75) is 37.8 Å². The molecule has 1 aromatic heterocycles. The van der Waals surface area contributed by atoms with Crippen LogP contribution in [-0.2, 0) is 0 Å². The van der Waals surface area contributed by atoms with E-state index in [4.69, 9.17) is 12.2 Å². The smallest absolute Gasteiger partial charge is 0.166 e. The van der Waals surface area contributed by atoms with Crippen molar-refractivity contribution in [3.63, 3.8) is 0 Å². The SMILES string of the molecule is CN(C)C(CNC(=S)NC1CC2CCC1C2)c1cccs1. The van der Waals surface area contributed by atoms with Gasteiger partial charge in [0.1, 0.15) is 0 Å². The van der Waals surface area contributed by atoms with Gasteiger partial charge in [0.15, 0.2) is 5.11 Å². The van der Waals surface area contributed by atoms with E-state index in [0.717, 1.165) is 23.5 Å². The van der Waals surface area contributed by atoms with E-state index in [1.165, 1.54) is 30.6 Å². The lowest BCUT2D eigenvalue weighted by molar-refractivity contribution is 0.302. The Kier molecular flexibility index (Phi) is 4.82. The first-order chi connectivity index (χ1) is 10.1. The third-order valence-corrected chi connectivity index (χ3v) is 6.24. The molecule has 0 aliphatic heterocycles. The lowest BCUT2D eigenvalue weighted by Crippen LogP contribution is -2.46. The van der Waals surface area contributed by atoms with Crippen molar-refractivity contribution in [2.24, 2.45) is 11.8 Å². The predicted molar refractivity (Wildman–Crippen MR) is 93.7 cm³/mol. The molecule has 4 atom stereocenters. The molecule has 0 spiro atoms. The highest BCUT2D eigenvalue weighted by molar-refractivity contribution is 7.80. The zero-order valence-corrected chi connectivity index (χ0v) is 14.5. The minimum Gasteiger partial charge on any atom is -0.361 e. The highest BCUT2D eigenvalue weighted by atomic mass is 32.1. The second-order valence-electron chi connectivity index (χ2n) is 6.63. The average Bonchev–Trinajstić information content (AvgIpc) is 3.15. The van der Waals surface area contributed by atoms with Crippen LogP contribution in [0.15, 0.2) is 17.5 Å². The van der Waals surface area contributed by atoms with E-state index in [-0.39, 0.29) is 0 Å². The van der Waals surface area contributed by atoms with Gasteiger partial charge in [-0.05, 0) is 68.9 Å². The number of rotatable bonds is 5. The molecular weight excluding hydrogens is 298 g/mol. The van der Waals surface area contributed by atoms with E-state index < -0.39 is 0 Å². The van der Waals surface area contributed by atoms with E-state index in [0.29, 0.717) is 12.1 Å². The van der Waals surface area contributed by atoms with Crippen molar-refractivity contribution in [3.05, 3.63) is 22.4 Å². The number of thiophene rings is 1. The summed E-state index contributed by atoms with van der Waals surface area (Å²) in [5.74, 6) is 1.81. The molecule has 116 valence electrons. The van der Waals surface area contributed by atoms with Crippen LogP contribution in [0.4, 0.5) is 0 Å². The lowest BCUT2D eigenvalue weighted by atomic mass is 9.96. The van der Waals surface area contributed by atoms with E-state index in [1.54, 1.807) is 0 Å². The van der Waals surface area contributed by atoms with Crippen molar-refractivity contribution in [1.82, 2.24) is 15.5 Å². The number of likely N-dealkylation sites (N-methyl/N-ethyl adjacent to an activating group) is 1. The molecular formula is C16H25N3S2. The molecule has 1 aromatic rings. The van der Waals surface area contributed by atoms with E-state index in [1.807, 2.05) is 11.3 Å². The predicted octanol–water partition coefficient (Wildman–Crippen LogP) is 3.00. The zero-order valence-electron chi connectivity index (χ0n) is 12.8. The number of hydrogen-bond donors (Lipinski definition) is 2. The number of hydrogen-bond acceptors (Lipinski definition) is 3. The molecule has 4 unspecified atom stereocenters. The number of thiocarbonyl (C=S) groups is 1. The first kappa shape index (κ1) is 15.3. The summed E-state index contributed by atoms with van der Waals surface area (Å²) >= 11 is 7.31. The molecule has 0 aromatic carbocycles. The van der Waals surface area contributed by atoms with Crippen LogP contribution in [-0.4, -0.2) is 36.7 Å². The Morgan fingerprint density at radius 3 is 2.86 bits per heavy atom. The molecule has 2 N–H and O–H groups in total. The standard InChI is InChI=1S/C16H25N3S2/c1-19(2)14(15-4-3-7-21-15)10-17-16(20)18-13-9-11-5-6-12(13)8-11/h3-4,7,11-14H,5-6,8-10H2,1-2H3,(H2,17,18,20). The molecule has 3 nitrogen and oxygen atoms in total. The molecule has 2 bridgehead atoms. The van der Waals surface area contributed by atoms with Gasteiger partial charge in [0.25, 0.3) is 0 Å². The molecule has 2 aliphatic carbocycles. The summed E-state index contributed by atoms with van der Waals surface area (Å²) in [6.07, 6.45) is 5.55. The molecule has 5 heteroatoms. The minimum atomic E-state index is 0.379. The van der Waals surface area contributed by atoms with Crippen LogP contribution in [0.2, 0.25) is 0 Å². The van der Waals surface area contributed by atoms with Crippen LogP contribution in [0.1, 0.15) is 36.6 Å². The third kappa shape index (κ3) is 3.58. The molecule has 1 heterocycles. The lowest BCUT2D eigenvalue weighted by Gasteiger charge is -2.27. The molecule has 0 radical (unpaired) electrons. The summed E-state index contributed by atoms with van der Waals surface area (Å²) in [5, 5.41) is 9.95. The molecule has 2 aliphatic rings. The molecule has 0 amide bonds. The van der Waals surface area contributed by atoms with Gasteiger partial charge in [0.05, 0.1) is 6.04 Å². The van der Waals surface area contributed by atoms with Gasteiger partial charge in [-0.25, -0.2) is 0 Å². The van der Waals surface area contributed by atoms with Crippen molar-refractivity contribution < 1.29 is 0 Å². The van der Waals surface area contributed by atoms with Gasteiger partial charge < -0.3 is 15.5 Å². The van der Waals surface area contributed by atoms with Crippen LogP contribution in [0.5, 0.6) is 0 Å². The fourth-order valence-corrected chi connectivity index (χ4v) is 5.01. The maximum absolute atomic E-state index is 5.50. The van der Waals surface area contributed by atoms with Crippen LogP contribution >= 0.6 is 23.6 Å². The van der Waals surface area contributed by atoms with Crippen molar-refractivity contribution in [2.75, 3.05) is 20.6 Å². The normalized spacial score (nSPS) is 28.8. The maximum atomic E-state index is 5.50. The summed E-state index contributed by atoms with van der Waals surface area (Å²) in [6, 6.07) is 5.30. The number of nitrogens with one attached hydrogen (secondary N) is 2. The Balaban J connectivity index is 1.48. The van der Waals surface area contributed by atoms with Crippen molar-refractivity contribution >= 4 is 28.7 Å². The summed E-state index contributed by atoms with van der Waals surface area (Å²) in [4.78, 5) is 3.63. The van der Waals surface area contributed by atoms with E-state index >= 15 is 0 Å². The Morgan fingerprint density at radius 2 is 2.29 bits per heavy atom. The van der Waals surface area contributed by atoms with Crippen LogP contribution in [0.3, 0.4) is 0 Å². The summed E-state index contributed by atoms with van der Waals surface area (Å²) in [6.45, 7) is 0.861. The fourth-order valence-electron chi connectivity index (χ4n) is 3.85. The van der Waals surface area contributed by atoms with Gasteiger partial charge in [-0.15, -0.1) is 11.3 Å². The largest absolute Gasteiger partial charge is 0.361 e. The van der Waals surface area contributed by atoms with Crippen LogP contribution in [0.25, 0.3) is 0 Å². The quantitative estimate of drug-likeness (QED) is 0.815. The van der Waals surface area contributed by atoms with Gasteiger partial charge in [-0.2, -0.15) is 0 Å². The summed E-state index contributed by atoms with van der Waals surface area (Å²) in [5.41, 5.74) is 0. The van der Waals surface area contributed by atoms with Crippen LogP contribution < -0.4 is 10.6 Å².